The van der Waals surface area contributed by atoms with Gasteiger partial charge in [0.15, 0.2) is 0 Å². The minimum Gasteiger partial charge on any atom is -0.534 e. The smallest absolute Gasteiger partial charge is 0.534 e. The summed E-state index contributed by atoms with van der Waals surface area (Å²) in [7, 11) is -0.343. The predicted molar refractivity (Wildman–Crippen MR) is 83.8 cm³/mol. The summed E-state index contributed by atoms with van der Waals surface area (Å²) in [5.41, 5.74) is 1.94. The van der Waals surface area contributed by atoms with Gasteiger partial charge < -0.3 is 9.31 Å². The third-order valence-corrected chi connectivity index (χ3v) is 3.92. The van der Waals surface area contributed by atoms with E-state index >= 15 is 0 Å². The molecule has 1 aliphatic rings. The Bertz CT molecular complexity index is 483. The molecule has 1 aromatic carbocycles. The summed E-state index contributed by atoms with van der Waals surface area (Å²) >= 11 is 0. The monoisotopic (exact) mass is 273 g/mol. The fraction of sp³-hybridized carbons (Fsp3) is 0.500. The van der Waals surface area contributed by atoms with Gasteiger partial charge in [-0.15, -0.1) is 0 Å². The summed E-state index contributed by atoms with van der Waals surface area (Å²) in [5.74, 6) is 0.695. The van der Waals surface area contributed by atoms with Gasteiger partial charge in [0.25, 0.3) is 0 Å². The van der Waals surface area contributed by atoms with E-state index in [0.29, 0.717) is 5.76 Å². The van der Waals surface area contributed by atoms with Crippen LogP contribution in [0, 0.1) is 0 Å². The molecule has 0 bridgehead atoms. The van der Waals surface area contributed by atoms with E-state index in [-0.39, 0.29) is 7.12 Å². The van der Waals surface area contributed by atoms with Gasteiger partial charge in [0.2, 0.25) is 0 Å². The molecule has 0 aliphatic carbocycles. The Hall–Kier alpha value is -1.26. The van der Waals surface area contributed by atoms with E-state index in [4.69, 9.17) is 9.31 Å². The molecule has 0 unspecified atom stereocenters. The van der Waals surface area contributed by atoms with Crippen LogP contribution in [0.4, 0.5) is 0 Å². The van der Waals surface area contributed by atoms with E-state index in [1.807, 2.05) is 19.9 Å². The zero-order chi connectivity index (χ0) is 14.8. The zero-order valence-electron chi connectivity index (χ0n) is 13.0. The average Bonchev–Trinajstić information content (AvgIpc) is 2.70. The summed E-state index contributed by atoms with van der Waals surface area (Å²) < 4.78 is 11.8. The van der Waals surface area contributed by atoms with Crippen LogP contribution < -0.4 is 5.46 Å². The van der Waals surface area contributed by atoms with Crippen molar-refractivity contribution in [3.05, 3.63) is 42.2 Å². The van der Waals surface area contributed by atoms with Crippen molar-refractivity contribution < 1.29 is 9.31 Å². The van der Waals surface area contributed by atoms with Crippen molar-refractivity contribution in [1.82, 2.24) is 4.90 Å². The molecule has 2 rings (SSSR count). The predicted octanol–water partition coefficient (Wildman–Crippen LogP) is 2.56. The molecule has 4 heteroatoms. The Morgan fingerprint density at radius 3 is 2.40 bits per heavy atom. The van der Waals surface area contributed by atoms with Crippen LogP contribution in [-0.2, 0) is 15.9 Å². The van der Waals surface area contributed by atoms with Crippen molar-refractivity contribution in [2.75, 3.05) is 13.1 Å². The van der Waals surface area contributed by atoms with E-state index in [9.17, 15) is 0 Å². The molecule has 0 radical (unpaired) electrons. The van der Waals surface area contributed by atoms with Crippen molar-refractivity contribution in [2.45, 2.75) is 39.8 Å². The molecule has 1 heterocycles. The van der Waals surface area contributed by atoms with Gasteiger partial charge in [0.05, 0.1) is 5.76 Å². The molecular weight excluding hydrogens is 249 g/mol. The zero-order valence-corrected chi connectivity index (χ0v) is 13.0. The molecule has 1 aromatic rings. The Morgan fingerprint density at radius 1 is 1.20 bits per heavy atom. The van der Waals surface area contributed by atoms with Crippen LogP contribution in [0.15, 0.2) is 36.6 Å². The highest BCUT2D eigenvalue weighted by atomic mass is 16.7. The number of hydrogen-bond acceptors (Lipinski definition) is 3. The van der Waals surface area contributed by atoms with Crippen LogP contribution in [-0.4, -0.2) is 30.7 Å². The lowest BCUT2D eigenvalue weighted by atomic mass is 9.76. The van der Waals surface area contributed by atoms with E-state index in [0.717, 1.165) is 25.1 Å². The van der Waals surface area contributed by atoms with E-state index in [1.165, 1.54) is 5.56 Å². The highest BCUT2D eigenvalue weighted by Gasteiger charge is 2.43. The highest BCUT2D eigenvalue weighted by molar-refractivity contribution is 6.62. The first-order valence-electron chi connectivity index (χ1n) is 7.32. The van der Waals surface area contributed by atoms with Gasteiger partial charge in [0, 0.05) is 12.0 Å². The molecule has 3 nitrogen and oxygen atoms in total. The lowest BCUT2D eigenvalue weighted by molar-refractivity contribution is 0.173. The fourth-order valence-corrected chi connectivity index (χ4v) is 2.35. The minimum atomic E-state index is -0.424. The van der Waals surface area contributed by atoms with E-state index < -0.39 is 5.60 Å². The van der Waals surface area contributed by atoms with Gasteiger partial charge >= 0.3 is 7.12 Å². The molecule has 108 valence electrons. The second-order valence-electron chi connectivity index (χ2n) is 5.66. The number of benzene rings is 1. The fourth-order valence-electron chi connectivity index (χ4n) is 2.35. The summed E-state index contributed by atoms with van der Waals surface area (Å²) in [6.45, 7) is 15.3. The van der Waals surface area contributed by atoms with Crippen molar-refractivity contribution in [2.24, 2.45) is 0 Å². The third kappa shape index (κ3) is 3.07. The molecule has 0 atom stereocenters. The van der Waals surface area contributed by atoms with Crippen molar-refractivity contribution >= 4 is 12.6 Å². The Balaban J connectivity index is 2.23. The molecule has 0 amide bonds. The van der Waals surface area contributed by atoms with Gasteiger partial charge in [0.1, 0.15) is 5.60 Å². The molecule has 1 aliphatic heterocycles. The Kier molecular flexibility index (Phi) is 4.56. The molecule has 1 fully saturated rings. The lowest BCUT2D eigenvalue weighted by Crippen LogP contribution is -2.38. The standard InChI is InChI=1S/C16H24BNO2/c1-6-18(7-2)12-14-10-8-9-11-15(14)17-19-13(3)16(4,5)20-17/h8-11H,3,6-7,12H2,1-2,4-5H3. The van der Waals surface area contributed by atoms with Crippen molar-refractivity contribution in [1.29, 1.82) is 0 Å². The Morgan fingerprint density at radius 2 is 1.85 bits per heavy atom. The summed E-state index contributed by atoms with van der Waals surface area (Å²) in [5, 5.41) is 0. The first-order valence-corrected chi connectivity index (χ1v) is 7.32. The number of nitrogens with zero attached hydrogens (tertiary/aromatic N) is 1. The highest BCUT2D eigenvalue weighted by Crippen LogP contribution is 2.29. The third-order valence-electron chi connectivity index (χ3n) is 3.92. The van der Waals surface area contributed by atoms with Crippen LogP contribution >= 0.6 is 0 Å². The van der Waals surface area contributed by atoms with Gasteiger partial charge in [-0.25, -0.2) is 0 Å². The minimum absolute atomic E-state index is 0.343. The second kappa shape index (κ2) is 6.02. The molecule has 20 heavy (non-hydrogen) atoms. The molecule has 0 spiro atoms. The van der Waals surface area contributed by atoms with Crippen LogP contribution in [0.25, 0.3) is 0 Å². The first-order chi connectivity index (χ1) is 9.47. The van der Waals surface area contributed by atoms with Crippen LogP contribution in [0.2, 0.25) is 0 Å². The maximum atomic E-state index is 6.00. The van der Waals surface area contributed by atoms with Crippen molar-refractivity contribution in [3.8, 4) is 0 Å². The second-order valence-corrected chi connectivity index (χ2v) is 5.66. The topological polar surface area (TPSA) is 21.7 Å². The normalized spacial score (nSPS) is 17.6. The largest absolute Gasteiger partial charge is 0.563 e. The molecule has 1 saturated heterocycles. The van der Waals surface area contributed by atoms with Gasteiger partial charge in [-0.2, -0.15) is 0 Å². The molecule has 0 saturated carbocycles. The molecule has 0 N–H and O–H groups in total. The summed E-state index contributed by atoms with van der Waals surface area (Å²) in [6, 6.07) is 8.33. The first kappa shape index (κ1) is 15.1. The average molecular weight is 273 g/mol. The van der Waals surface area contributed by atoms with E-state index in [1.54, 1.807) is 0 Å². The SMILES string of the molecule is C=C1OB(c2ccccc2CN(CC)CC)OC1(C)C. The Labute approximate surface area is 122 Å². The van der Waals surface area contributed by atoms with Crippen LogP contribution in [0.5, 0.6) is 0 Å². The van der Waals surface area contributed by atoms with Gasteiger partial charge in [-0.05, 0) is 32.5 Å². The van der Waals surface area contributed by atoms with Crippen LogP contribution in [0.1, 0.15) is 33.3 Å². The van der Waals surface area contributed by atoms with Crippen LogP contribution in [0.3, 0.4) is 0 Å². The maximum absolute atomic E-state index is 6.00. The molecule has 0 aromatic heterocycles. The number of rotatable bonds is 5. The lowest BCUT2D eigenvalue weighted by Gasteiger charge is -2.20. The summed E-state index contributed by atoms with van der Waals surface area (Å²) in [4.78, 5) is 2.38. The van der Waals surface area contributed by atoms with Gasteiger partial charge in [-0.3, -0.25) is 4.90 Å². The van der Waals surface area contributed by atoms with Gasteiger partial charge in [-0.1, -0.05) is 44.7 Å². The molecular formula is C16H24BNO2. The quantitative estimate of drug-likeness (QED) is 0.770. The maximum Gasteiger partial charge on any atom is 0.563 e. The summed E-state index contributed by atoms with van der Waals surface area (Å²) in [6.07, 6.45) is 0. The number of hydrogen-bond donors (Lipinski definition) is 0. The van der Waals surface area contributed by atoms with E-state index in [2.05, 4.69) is 43.5 Å². The van der Waals surface area contributed by atoms with Crippen molar-refractivity contribution in [3.63, 3.8) is 0 Å².